The molecule has 5 aromatic rings. The summed E-state index contributed by atoms with van der Waals surface area (Å²) in [6.45, 7) is 7.48. The highest BCUT2D eigenvalue weighted by atomic mass is 35.5. The molecule has 2 heterocycles. The van der Waals surface area contributed by atoms with Crippen LogP contribution in [-0.4, -0.2) is 31.6 Å². The zero-order chi connectivity index (χ0) is 24.9. The molecule has 0 fully saturated rings. The summed E-state index contributed by atoms with van der Waals surface area (Å²) < 4.78 is 6.98. The van der Waals surface area contributed by atoms with Crippen molar-refractivity contribution >= 4 is 50.2 Å². The summed E-state index contributed by atoms with van der Waals surface area (Å²) in [6, 6.07) is 15.4. The number of rotatable bonds is 5. The Labute approximate surface area is 211 Å². The van der Waals surface area contributed by atoms with Crippen molar-refractivity contribution in [3.8, 4) is 21.7 Å². The van der Waals surface area contributed by atoms with E-state index < -0.39 is 17.7 Å². The molecule has 5 rings (SSSR count). The van der Waals surface area contributed by atoms with Gasteiger partial charge in [-0.2, -0.15) is 0 Å². The summed E-state index contributed by atoms with van der Waals surface area (Å²) in [6.07, 6.45) is 0.527. The van der Waals surface area contributed by atoms with Crippen molar-refractivity contribution in [2.75, 3.05) is 0 Å². The minimum Gasteiger partial charge on any atom is -0.479 e. The van der Waals surface area contributed by atoms with Gasteiger partial charge in [0, 0.05) is 21.7 Å². The monoisotopic (exact) mass is 505 g/mol. The van der Waals surface area contributed by atoms with Gasteiger partial charge in [0.15, 0.2) is 6.10 Å². The number of aromatic nitrogens is 3. The molecule has 2 N–H and O–H groups in total. The average Bonchev–Trinajstić information content (AvgIpc) is 3.43. The van der Waals surface area contributed by atoms with E-state index in [1.54, 1.807) is 6.33 Å². The second-order valence-electron chi connectivity index (χ2n) is 9.44. The molecule has 35 heavy (non-hydrogen) atoms. The van der Waals surface area contributed by atoms with Crippen LogP contribution in [0.4, 0.5) is 0 Å². The molecule has 8 heteroatoms. The van der Waals surface area contributed by atoms with Crippen LogP contribution in [0.5, 0.6) is 0 Å². The molecule has 0 spiro atoms. The Balaban J connectivity index is 1.78. The number of carboxylic acids is 1. The summed E-state index contributed by atoms with van der Waals surface area (Å²) in [4.78, 5) is 24.8. The Morgan fingerprint density at radius 1 is 1.09 bits per heavy atom. The zero-order valence-corrected chi connectivity index (χ0v) is 21.3. The van der Waals surface area contributed by atoms with Gasteiger partial charge in [0.1, 0.15) is 5.01 Å². The lowest BCUT2D eigenvalue weighted by atomic mass is 9.91. The molecule has 6 nitrogen and oxygen atoms in total. The summed E-state index contributed by atoms with van der Waals surface area (Å²) >= 11 is 7.70. The van der Waals surface area contributed by atoms with E-state index in [9.17, 15) is 9.90 Å². The van der Waals surface area contributed by atoms with Gasteiger partial charge in [0.2, 0.25) is 0 Å². The van der Waals surface area contributed by atoms with Crippen LogP contribution in [0.2, 0.25) is 5.02 Å². The summed E-state index contributed by atoms with van der Waals surface area (Å²) in [5.41, 5.74) is 6.03. The predicted molar refractivity (Wildman–Crippen MR) is 141 cm³/mol. The maximum atomic E-state index is 12.5. The van der Waals surface area contributed by atoms with Crippen LogP contribution >= 0.6 is 22.9 Å². The number of thiazole rings is 1. The van der Waals surface area contributed by atoms with Gasteiger partial charge in [-0.3, -0.25) is 0 Å². The molecule has 0 saturated heterocycles. The number of carboxylic acid groups (broad SMARTS) is 1. The fraction of sp³-hybridized carbons (Fsp3) is 0.222. The molecule has 3 aromatic carbocycles. The third-order valence-electron chi connectivity index (χ3n) is 5.69. The first-order valence-electron chi connectivity index (χ1n) is 11.1. The van der Waals surface area contributed by atoms with Gasteiger partial charge in [0.25, 0.3) is 0 Å². The number of ether oxygens (including phenoxy) is 1. The smallest absolute Gasteiger partial charge is 0.337 e. The molecule has 0 bridgehead atoms. The molecule has 0 aliphatic heterocycles. The van der Waals surface area contributed by atoms with E-state index in [1.807, 2.05) is 76.2 Å². The van der Waals surface area contributed by atoms with Crippen LogP contribution < -0.4 is 0 Å². The molecular formula is C27H24ClN3O3S. The molecule has 2 aromatic heterocycles. The zero-order valence-electron chi connectivity index (χ0n) is 19.7. The van der Waals surface area contributed by atoms with Crippen molar-refractivity contribution < 1.29 is 14.6 Å². The van der Waals surface area contributed by atoms with Gasteiger partial charge >= 0.3 is 5.97 Å². The number of aromatic amines is 1. The number of benzene rings is 3. The molecule has 0 aliphatic rings. The van der Waals surface area contributed by atoms with Gasteiger partial charge in [0.05, 0.1) is 33.2 Å². The number of nitrogens with zero attached hydrogens (tertiary/aromatic N) is 2. The van der Waals surface area contributed by atoms with Gasteiger partial charge in [-0.05, 0) is 75.2 Å². The average molecular weight is 506 g/mol. The van der Waals surface area contributed by atoms with E-state index in [2.05, 4.69) is 9.97 Å². The molecule has 178 valence electrons. The summed E-state index contributed by atoms with van der Waals surface area (Å²) in [5.74, 6) is -1.04. The molecule has 1 unspecified atom stereocenters. The highest BCUT2D eigenvalue weighted by molar-refractivity contribution is 7.22. The van der Waals surface area contributed by atoms with Gasteiger partial charge in [-0.1, -0.05) is 23.7 Å². The third-order valence-corrected chi connectivity index (χ3v) is 7.08. The van der Waals surface area contributed by atoms with E-state index in [1.165, 1.54) is 11.3 Å². The normalized spacial score (nSPS) is 12.9. The van der Waals surface area contributed by atoms with Crippen LogP contribution in [0.1, 0.15) is 38.0 Å². The van der Waals surface area contributed by atoms with Crippen LogP contribution in [0, 0.1) is 6.92 Å². The second kappa shape index (κ2) is 8.75. The Hall–Kier alpha value is -3.26. The number of fused-ring (bicyclic) bond motifs is 2. The standard InChI is InChI=1S/C27H24ClN3O3S/c1-14-11-20-24(35-25(31-20)16-7-10-18-19(12-16)30-13-29-18)22(15-5-8-17(28)9-6-15)21(14)23(26(32)33)34-27(2,3)4/h5-13,23H,1-4H3,(H,29,30)(H,32,33). The molecule has 0 saturated carbocycles. The van der Waals surface area contributed by atoms with Crippen LogP contribution in [-0.2, 0) is 9.53 Å². The quantitative estimate of drug-likeness (QED) is 0.259. The molecule has 1 atom stereocenters. The SMILES string of the molecule is Cc1cc2nc(-c3ccc4nc[nH]c4c3)sc2c(-c2ccc(Cl)cc2)c1C(OC(C)(C)C)C(=O)O. The fourth-order valence-electron chi connectivity index (χ4n) is 4.23. The lowest BCUT2D eigenvalue weighted by Gasteiger charge is -2.28. The van der Waals surface area contributed by atoms with Crippen molar-refractivity contribution in [2.24, 2.45) is 0 Å². The van der Waals surface area contributed by atoms with Crippen LogP contribution in [0.15, 0.2) is 54.9 Å². The third kappa shape index (κ3) is 4.55. The highest BCUT2D eigenvalue weighted by Gasteiger charge is 2.32. The van der Waals surface area contributed by atoms with Crippen molar-refractivity contribution in [1.29, 1.82) is 0 Å². The highest BCUT2D eigenvalue weighted by Crippen LogP contribution is 2.44. The van der Waals surface area contributed by atoms with Crippen molar-refractivity contribution in [2.45, 2.75) is 39.4 Å². The second-order valence-corrected chi connectivity index (χ2v) is 10.9. The topological polar surface area (TPSA) is 88.1 Å². The maximum absolute atomic E-state index is 12.5. The first-order valence-corrected chi connectivity index (χ1v) is 12.3. The lowest BCUT2D eigenvalue weighted by molar-refractivity contribution is -0.160. The molecular weight excluding hydrogens is 482 g/mol. The van der Waals surface area contributed by atoms with Crippen molar-refractivity contribution in [3.05, 3.63) is 71.0 Å². The number of carbonyl (C=O) groups is 1. The lowest BCUT2D eigenvalue weighted by Crippen LogP contribution is -2.28. The maximum Gasteiger partial charge on any atom is 0.337 e. The van der Waals surface area contributed by atoms with E-state index in [4.69, 9.17) is 21.3 Å². The first kappa shape index (κ1) is 23.5. The number of aryl methyl sites for hydroxylation is 1. The number of aliphatic carboxylic acids is 1. The van der Waals surface area contributed by atoms with E-state index in [-0.39, 0.29) is 0 Å². The molecule has 0 aliphatic carbocycles. The van der Waals surface area contributed by atoms with Crippen molar-refractivity contribution in [3.63, 3.8) is 0 Å². The predicted octanol–water partition coefficient (Wildman–Crippen LogP) is 7.41. The number of nitrogens with one attached hydrogen (secondary N) is 1. The Kier molecular flexibility index (Phi) is 5.87. The van der Waals surface area contributed by atoms with E-state index in [0.717, 1.165) is 48.5 Å². The Morgan fingerprint density at radius 3 is 2.49 bits per heavy atom. The van der Waals surface area contributed by atoms with E-state index in [0.29, 0.717) is 10.6 Å². The van der Waals surface area contributed by atoms with Crippen LogP contribution in [0.25, 0.3) is 42.9 Å². The fourth-order valence-corrected chi connectivity index (χ4v) is 5.48. The minimum atomic E-state index is -1.14. The summed E-state index contributed by atoms with van der Waals surface area (Å²) in [5, 5.41) is 11.6. The molecule has 0 amide bonds. The molecule has 0 radical (unpaired) electrons. The Bertz CT molecular complexity index is 1560. The van der Waals surface area contributed by atoms with Gasteiger partial charge in [-0.15, -0.1) is 11.3 Å². The van der Waals surface area contributed by atoms with Gasteiger partial charge in [-0.25, -0.2) is 14.8 Å². The number of hydrogen-bond donors (Lipinski definition) is 2. The van der Waals surface area contributed by atoms with Crippen LogP contribution in [0.3, 0.4) is 0 Å². The Morgan fingerprint density at radius 2 is 1.80 bits per heavy atom. The van der Waals surface area contributed by atoms with Gasteiger partial charge < -0.3 is 14.8 Å². The van der Waals surface area contributed by atoms with E-state index >= 15 is 0 Å². The van der Waals surface area contributed by atoms with Crippen molar-refractivity contribution in [1.82, 2.24) is 15.0 Å². The number of H-pyrrole nitrogens is 1. The summed E-state index contributed by atoms with van der Waals surface area (Å²) in [7, 11) is 0. The minimum absolute atomic E-state index is 0.609. The number of halogens is 1. The number of imidazole rings is 1. The number of hydrogen-bond acceptors (Lipinski definition) is 5. The largest absolute Gasteiger partial charge is 0.479 e. The first-order chi connectivity index (χ1) is 16.6.